The summed E-state index contributed by atoms with van der Waals surface area (Å²) in [6.07, 6.45) is -0.435. The molecule has 3 aromatic rings. The number of hydrogen-bond donors (Lipinski definition) is 1. The topological polar surface area (TPSA) is 113 Å². The van der Waals surface area contributed by atoms with E-state index in [0.717, 1.165) is 5.56 Å². The molecule has 2 aromatic heterocycles. The molecule has 8 nitrogen and oxygen atoms in total. The van der Waals surface area contributed by atoms with Crippen LogP contribution >= 0.6 is 0 Å². The average Bonchev–Trinajstić information content (AvgIpc) is 3.10. The summed E-state index contributed by atoms with van der Waals surface area (Å²) in [4.78, 5) is 4.22. The smallest absolute Gasteiger partial charge is 0.284 e. The first-order valence-electron chi connectivity index (χ1n) is 5.79. The molecule has 0 saturated heterocycles. The summed E-state index contributed by atoms with van der Waals surface area (Å²) in [6, 6.07) is 9.55. The van der Waals surface area contributed by atoms with Crippen molar-refractivity contribution in [2.24, 2.45) is 0 Å². The van der Waals surface area contributed by atoms with Crippen molar-refractivity contribution in [2.45, 2.75) is 6.10 Å². The largest absolute Gasteiger partial charge is 0.379 e. The minimum Gasteiger partial charge on any atom is -0.379 e. The third-order valence-corrected chi connectivity index (χ3v) is 2.73. The fourth-order valence-corrected chi connectivity index (χ4v) is 1.80. The number of rotatable bonds is 4. The highest BCUT2D eigenvalue weighted by Crippen LogP contribution is 2.26. The molecule has 20 heavy (non-hydrogen) atoms. The molecule has 0 saturated carbocycles. The van der Waals surface area contributed by atoms with E-state index in [-0.39, 0.29) is 17.4 Å². The van der Waals surface area contributed by atoms with Crippen LogP contribution in [0.3, 0.4) is 0 Å². The Bertz CT molecular complexity index is 694. The van der Waals surface area contributed by atoms with E-state index in [9.17, 15) is 0 Å². The monoisotopic (exact) mass is 273 g/mol. The Hall–Kier alpha value is -2.74. The van der Waals surface area contributed by atoms with Gasteiger partial charge in [-0.2, -0.15) is 4.98 Å². The van der Waals surface area contributed by atoms with Crippen LogP contribution in [0.5, 0.6) is 0 Å². The molecule has 0 fully saturated rings. The van der Waals surface area contributed by atoms with Crippen molar-refractivity contribution in [3.63, 3.8) is 0 Å². The van der Waals surface area contributed by atoms with Crippen LogP contribution in [0.1, 0.15) is 17.5 Å². The molecule has 0 radical (unpaired) electrons. The molecular weight excluding hydrogens is 262 g/mol. The normalized spacial score (nSPS) is 12.4. The van der Waals surface area contributed by atoms with Crippen LogP contribution in [0.25, 0.3) is 11.6 Å². The van der Waals surface area contributed by atoms with Gasteiger partial charge in [0, 0.05) is 7.11 Å². The summed E-state index contributed by atoms with van der Waals surface area (Å²) >= 11 is 0. The maximum Gasteiger partial charge on any atom is 0.284 e. The highest BCUT2D eigenvalue weighted by molar-refractivity contribution is 5.60. The second-order valence-electron chi connectivity index (χ2n) is 3.98. The van der Waals surface area contributed by atoms with Gasteiger partial charge in [0.15, 0.2) is 0 Å². The minimum absolute atomic E-state index is 0.0916. The van der Waals surface area contributed by atoms with Crippen molar-refractivity contribution in [3.8, 4) is 11.6 Å². The minimum atomic E-state index is -0.435. The van der Waals surface area contributed by atoms with Gasteiger partial charge in [0.25, 0.3) is 5.89 Å². The van der Waals surface area contributed by atoms with Crippen molar-refractivity contribution >= 4 is 5.82 Å². The lowest BCUT2D eigenvalue weighted by molar-refractivity contribution is 0.126. The van der Waals surface area contributed by atoms with Crippen molar-refractivity contribution in [1.82, 2.24) is 20.5 Å². The number of benzene rings is 1. The van der Waals surface area contributed by atoms with Crippen LogP contribution in [-0.4, -0.2) is 27.6 Å². The van der Waals surface area contributed by atoms with Crippen molar-refractivity contribution in [3.05, 3.63) is 41.7 Å². The summed E-state index contributed by atoms with van der Waals surface area (Å²) < 4.78 is 15.0. The lowest BCUT2D eigenvalue weighted by Crippen LogP contribution is -2.05. The zero-order valence-electron chi connectivity index (χ0n) is 10.6. The van der Waals surface area contributed by atoms with Crippen LogP contribution in [0.2, 0.25) is 0 Å². The van der Waals surface area contributed by atoms with Gasteiger partial charge in [-0.25, -0.2) is 4.63 Å². The Kier molecular flexibility index (Phi) is 3.13. The van der Waals surface area contributed by atoms with Gasteiger partial charge in [-0.1, -0.05) is 35.5 Å². The average molecular weight is 273 g/mol. The number of nitrogens with two attached hydrogens (primary N) is 1. The molecule has 1 aromatic carbocycles. The SMILES string of the molecule is COC(c1ccccc1)c1noc(-c2nonc2N)n1. The molecule has 0 amide bonds. The molecule has 0 spiro atoms. The molecule has 0 aliphatic heterocycles. The van der Waals surface area contributed by atoms with Crippen molar-refractivity contribution < 1.29 is 13.9 Å². The van der Waals surface area contributed by atoms with E-state index in [2.05, 4.69) is 25.1 Å². The van der Waals surface area contributed by atoms with Gasteiger partial charge in [0.2, 0.25) is 17.3 Å². The van der Waals surface area contributed by atoms with E-state index >= 15 is 0 Å². The summed E-state index contributed by atoms with van der Waals surface area (Å²) in [5, 5.41) is 11.0. The standard InChI is InChI=1S/C12H11N5O3/c1-18-9(7-5-3-2-4-6-7)11-14-12(19-17-11)8-10(13)16-20-15-8/h2-6,9H,1H3,(H2,13,16). The molecule has 102 valence electrons. The third-order valence-electron chi connectivity index (χ3n) is 2.73. The van der Waals surface area contributed by atoms with Gasteiger partial charge >= 0.3 is 0 Å². The summed E-state index contributed by atoms with van der Waals surface area (Å²) in [7, 11) is 1.57. The molecular formula is C12H11N5O3. The molecule has 1 unspecified atom stereocenters. The molecule has 2 heterocycles. The van der Waals surface area contributed by atoms with Gasteiger partial charge in [0.05, 0.1) is 0 Å². The lowest BCUT2D eigenvalue weighted by Gasteiger charge is -2.10. The Morgan fingerprint density at radius 1 is 1.15 bits per heavy atom. The number of nitrogens with zero attached hydrogens (tertiary/aromatic N) is 4. The van der Waals surface area contributed by atoms with Gasteiger partial charge in [0.1, 0.15) is 6.10 Å². The molecule has 0 aliphatic rings. The van der Waals surface area contributed by atoms with Gasteiger partial charge < -0.3 is 15.0 Å². The second-order valence-corrected chi connectivity index (χ2v) is 3.98. The van der Waals surface area contributed by atoms with E-state index in [4.69, 9.17) is 15.0 Å². The van der Waals surface area contributed by atoms with E-state index in [1.807, 2.05) is 30.3 Å². The predicted octanol–water partition coefficient (Wildman–Crippen LogP) is 1.44. The first kappa shape index (κ1) is 12.3. The molecule has 0 bridgehead atoms. The van der Waals surface area contributed by atoms with E-state index in [1.165, 1.54) is 0 Å². The Morgan fingerprint density at radius 2 is 1.95 bits per heavy atom. The first-order valence-corrected chi connectivity index (χ1v) is 5.79. The number of anilines is 1. The van der Waals surface area contributed by atoms with E-state index < -0.39 is 6.10 Å². The molecule has 2 N–H and O–H groups in total. The van der Waals surface area contributed by atoms with Crippen LogP contribution in [0.4, 0.5) is 5.82 Å². The van der Waals surface area contributed by atoms with Gasteiger partial charge in [-0.3, -0.25) is 0 Å². The number of nitrogen functional groups attached to an aromatic ring is 1. The Labute approximate surface area is 113 Å². The quantitative estimate of drug-likeness (QED) is 0.759. The van der Waals surface area contributed by atoms with Crippen LogP contribution in [0.15, 0.2) is 39.5 Å². The number of ether oxygens (including phenoxy) is 1. The molecule has 3 rings (SSSR count). The summed E-state index contributed by atoms with van der Waals surface area (Å²) in [5.74, 6) is 0.599. The number of methoxy groups -OCH3 is 1. The highest BCUT2D eigenvalue weighted by atomic mass is 16.6. The van der Waals surface area contributed by atoms with Crippen LogP contribution in [0, 0.1) is 0 Å². The van der Waals surface area contributed by atoms with E-state index in [1.54, 1.807) is 7.11 Å². The van der Waals surface area contributed by atoms with E-state index in [0.29, 0.717) is 5.82 Å². The molecule has 1 atom stereocenters. The third kappa shape index (κ3) is 2.12. The zero-order chi connectivity index (χ0) is 13.9. The lowest BCUT2D eigenvalue weighted by atomic mass is 10.1. The highest BCUT2D eigenvalue weighted by Gasteiger charge is 2.23. The molecule has 0 aliphatic carbocycles. The van der Waals surface area contributed by atoms with Crippen molar-refractivity contribution in [2.75, 3.05) is 12.8 Å². The van der Waals surface area contributed by atoms with Crippen LogP contribution < -0.4 is 5.73 Å². The first-order chi connectivity index (χ1) is 9.79. The summed E-state index contributed by atoms with van der Waals surface area (Å²) in [6.45, 7) is 0. The maximum atomic E-state index is 5.58. The maximum absolute atomic E-state index is 5.58. The zero-order valence-corrected chi connectivity index (χ0v) is 10.6. The van der Waals surface area contributed by atoms with Gasteiger partial charge in [-0.15, -0.1) is 0 Å². The summed E-state index contributed by atoms with van der Waals surface area (Å²) in [5.41, 5.74) is 6.70. The van der Waals surface area contributed by atoms with Gasteiger partial charge in [-0.05, 0) is 15.9 Å². The Balaban J connectivity index is 1.95. The number of hydrogen-bond acceptors (Lipinski definition) is 8. The fraction of sp³-hybridized carbons (Fsp3) is 0.167. The van der Waals surface area contributed by atoms with Crippen molar-refractivity contribution in [1.29, 1.82) is 0 Å². The fourth-order valence-electron chi connectivity index (χ4n) is 1.80. The molecule has 8 heteroatoms. The number of aromatic nitrogens is 4. The predicted molar refractivity (Wildman–Crippen MR) is 67.3 cm³/mol. The second kappa shape index (κ2) is 5.10. The Morgan fingerprint density at radius 3 is 2.60 bits per heavy atom. The van der Waals surface area contributed by atoms with Crippen LogP contribution in [-0.2, 0) is 4.74 Å².